The number of hydrogen-bond acceptors (Lipinski definition) is 5. The van der Waals surface area contributed by atoms with Gasteiger partial charge in [-0.2, -0.15) is 0 Å². The highest BCUT2D eigenvalue weighted by atomic mass is 16.6. The van der Waals surface area contributed by atoms with Crippen LogP contribution >= 0.6 is 0 Å². The third-order valence-electron chi connectivity index (χ3n) is 5.61. The number of hydrogen-bond donors (Lipinski definition) is 3. The number of fused-ring (bicyclic) bond motifs is 1. The molecule has 0 spiro atoms. The van der Waals surface area contributed by atoms with Gasteiger partial charge in [0.1, 0.15) is 11.6 Å². The number of aryl methyl sites for hydroxylation is 1. The molecule has 212 valence electrons. The first-order valence-electron chi connectivity index (χ1n) is 12.9. The zero-order valence-corrected chi connectivity index (χ0v) is 23.8. The maximum absolute atomic E-state index is 11.7. The highest BCUT2D eigenvalue weighted by Gasteiger charge is 2.35. The summed E-state index contributed by atoms with van der Waals surface area (Å²) in [5.41, 5.74) is 5.81. The van der Waals surface area contributed by atoms with Crippen molar-refractivity contribution >= 4 is 29.2 Å². The fourth-order valence-corrected chi connectivity index (χ4v) is 3.59. The van der Waals surface area contributed by atoms with Crippen molar-refractivity contribution in [3.8, 4) is 0 Å². The van der Waals surface area contributed by atoms with Gasteiger partial charge in [0.05, 0.1) is 0 Å². The van der Waals surface area contributed by atoms with Crippen molar-refractivity contribution in [3.05, 3.63) is 59.0 Å². The number of aromatic nitrogens is 1. The first-order valence-corrected chi connectivity index (χ1v) is 12.9. The molecule has 3 unspecified atom stereocenters. The predicted molar refractivity (Wildman–Crippen MR) is 152 cm³/mol. The summed E-state index contributed by atoms with van der Waals surface area (Å²) < 4.78 is 5.18. The van der Waals surface area contributed by atoms with Crippen LogP contribution in [0.5, 0.6) is 0 Å². The smallest absolute Gasteiger partial charge is 0.410 e. The lowest BCUT2D eigenvalue weighted by atomic mass is 10.1. The Morgan fingerprint density at radius 1 is 1.24 bits per heavy atom. The van der Waals surface area contributed by atoms with Crippen LogP contribution in [0.15, 0.2) is 47.9 Å². The zero-order valence-electron chi connectivity index (χ0n) is 23.8. The van der Waals surface area contributed by atoms with Gasteiger partial charge in [-0.25, -0.2) is 4.79 Å². The highest BCUT2D eigenvalue weighted by Crippen LogP contribution is 2.38. The van der Waals surface area contributed by atoms with Crippen LogP contribution in [0.2, 0.25) is 0 Å². The maximum Gasteiger partial charge on any atom is 0.410 e. The van der Waals surface area contributed by atoms with Crippen LogP contribution in [0.3, 0.4) is 0 Å². The van der Waals surface area contributed by atoms with Gasteiger partial charge >= 0.3 is 6.09 Å². The zero-order chi connectivity index (χ0) is 29.5. The molecule has 1 aliphatic heterocycles. The van der Waals surface area contributed by atoms with Crippen LogP contribution in [0, 0.1) is 18.8 Å². The van der Waals surface area contributed by atoms with E-state index in [1.165, 1.54) is 16.9 Å². The Balaban J connectivity index is 0.000000527. The third kappa shape index (κ3) is 12.6. The van der Waals surface area contributed by atoms with E-state index in [2.05, 4.69) is 18.5 Å². The van der Waals surface area contributed by atoms with Crippen molar-refractivity contribution in [2.75, 3.05) is 6.54 Å². The van der Waals surface area contributed by atoms with E-state index >= 15 is 0 Å². The van der Waals surface area contributed by atoms with Gasteiger partial charge in [-0.3, -0.25) is 19.3 Å². The lowest BCUT2D eigenvalue weighted by Crippen LogP contribution is -2.45. The van der Waals surface area contributed by atoms with Crippen LogP contribution in [-0.4, -0.2) is 51.7 Å². The van der Waals surface area contributed by atoms with Crippen molar-refractivity contribution in [2.45, 2.75) is 79.4 Å². The number of carbonyl (C=O) groups excluding carboxylic acids is 2. The van der Waals surface area contributed by atoms with Crippen LogP contribution in [0.1, 0.15) is 66.4 Å². The molecule has 1 saturated heterocycles. The molecule has 4 N–H and O–H groups in total. The van der Waals surface area contributed by atoms with Crippen molar-refractivity contribution in [1.82, 2.24) is 9.88 Å². The molecule has 1 aliphatic carbocycles. The number of benzene rings is 1. The molecule has 2 aromatic rings. The Morgan fingerprint density at radius 3 is 2.26 bits per heavy atom. The first kappa shape index (κ1) is 34.4. The molecule has 0 bridgehead atoms. The molecule has 2 amide bonds. The van der Waals surface area contributed by atoms with Gasteiger partial charge in [0.25, 0.3) is 12.0 Å². The van der Waals surface area contributed by atoms with Crippen LogP contribution in [0.4, 0.5) is 4.79 Å². The van der Waals surface area contributed by atoms with Crippen molar-refractivity contribution in [3.63, 3.8) is 0 Å². The predicted octanol–water partition coefficient (Wildman–Crippen LogP) is 5.26. The first-order chi connectivity index (χ1) is 17.8. The van der Waals surface area contributed by atoms with E-state index in [4.69, 9.17) is 20.4 Å². The Bertz CT molecular complexity index is 1090. The van der Waals surface area contributed by atoms with Gasteiger partial charge in [0.2, 0.25) is 5.91 Å². The van der Waals surface area contributed by atoms with Gasteiger partial charge in [0.15, 0.2) is 0 Å². The van der Waals surface area contributed by atoms with Crippen molar-refractivity contribution in [1.29, 1.82) is 0 Å². The van der Waals surface area contributed by atoms with E-state index in [0.717, 1.165) is 29.0 Å². The molecule has 4 rings (SSSR count). The Kier molecular flexibility index (Phi) is 15.4. The van der Waals surface area contributed by atoms with E-state index in [1.54, 1.807) is 27.0 Å². The summed E-state index contributed by atoms with van der Waals surface area (Å²) in [4.78, 5) is 46.4. The number of carbonyl (C=O) groups is 3. The largest absolute Gasteiger partial charge is 0.483 e. The summed E-state index contributed by atoms with van der Waals surface area (Å²) >= 11 is 0. The van der Waals surface area contributed by atoms with E-state index in [1.807, 2.05) is 51.1 Å². The number of carboxylic acid groups (broad SMARTS) is 1. The topological polar surface area (TPSA) is 143 Å². The number of H-pyrrole nitrogens is 1. The van der Waals surface area contributed by atoms with Crippen LogP contribution < -0.4 is 11.3 Å². The molecule has 9 heteroatoms. The number of nitrogens with two attached hydrogens (primary N) is 1. The average molecular weight is 532 g/mol. The van der Waals surface area contributed by atoms with Crippen LogP contribution in [-0.2, 0) is 14.3 Å². The van der Waals surface area contributed by atoms with Gasteiger partial charge in [-0.1, -0.05) is 44.5 Å². The molecule has 2 fully saturated rings. The number of pyridine rings is 1. The fourth-order valence-electron chi connectivity index (χ4n) is 3.59. The minimum Gasteiger partial charge on any atom is -0.483 e. The molecule has 2 aliphatic rings. The summed E-state index contributed by atoms with van der Waals surface area (Å²) in [5.74, 6) is 1.35. The summed E-state index contributed by atoms with van der Waals surface area (Å²) in [6, 6.07) is 7.20. The molecule has 3 atom stereocenters. The summed E-state index contributed by atoms with van der Waals surface area (Å²) in [7, 11) is 0. The number of primary amides is 1. The monoisotopic (exact) mass is 531 g/mol. The molecular formula is C29H45N3O6. The number of nitrogens with zero attached hydrogens (tertiary/aromatic N) is 1. The van der Waals surface area contributed by atoms with Gasteiger partial charge in [-0.05, 0) is 76.3 Å². The number of amides is 2. The summed E-state index contributed by atoms with van der Waals surface area (Å²) in [5, 5.41) is 8.64. The maximum atomic E-state index is 11.7. The highest BCUT2D eigenvalue weighted by molar-refractivity contribution is 5.85. The number of rotatable bonds is 2. The molecule has 38 heavy (non-hydrogen) atoms. The van der Waals surface area contributed by atoms with Gasteiger partial charge in [-0.15, -0.1) is 6.58 Å². The number of allylic oxidation sites excluding steroid dienone is 1. The summed E-state index contributed by atoms with van der Waals surface area (Å²) in [6.45, 7) is 17.6. The molecular weight excluding hydrogens is 486 g/mol. The molecule has 2 heterocycles. The third-order valence-corrected chi connectivity index (χ3v) is 5.61. The van der Waals surface area contributed by atoms with E-state index in [-0.39, 0.29) is 12.0 Å². The van der Waals surface area contributed by atoms with Gasteiger partial charge < -0.3 is 20.6 Å². The Morgan fingerprint density at radius 2 is 1.82 bits per heavy atom. The lowest BCUT2D eigenvalue weighted by Gasteiger charge is -2.27. The molecule has 1 aromatic heterocycles. The quantitative estimate of drug-likeness (QED) is 0.356. The standard InChI is InChI=1S/C10H18N2O3.C10H9NO.C6H10.C2H6.CH2O2/c1-10(2,3)15-9(14)12-6-4-5-7(12)8(11)13;1-7-2-3-9-8(6-7)4-5-11-10(9)12;1-3-6-4-5(6)2;1-2;2-1-3/h7H,4-6H2,1-3H3,(H2,11,13);2-6H,1H3,(H,11,12);3,5-6H,1,4H2,2H3;1-2H3;1H,(H,2,3). The SMILES string of the molecule is C=CC1CC1C.CC.CC(C)(C)OC(=O)N1CCCC1C(N)=O.Cc1ccc2c(=O)[nH]ccc2c1.O=CO. The van der Waals surface area contributed by atoms with Crippen molar-refractivity contribution in [2.24, 2.45) is 17.6 Å². The Labute approximate surface area is 226 Å². The molecule has 9 nitrogen and oxygen atoms in total. The second kappa shape index (κ2) is 17.0. The normalized spacial score (nSPS) is 18.9. The minimum absolute atomic E-state index is 0.0208. The second-order valence-electron chi connectivity index (χ2n) is 9.85. The molecule has 1 aromatic carbocycles. The number of likely N-dealkylation sites (tertiary alicyclic amines) is 1. The minimum atomic E-state index is -0.540. The van der Waals surface area contributed by atoms with E-state index < -0.39 is 23.6 Å². The summed E-state index contributed by atoms with van der Waals surface area (Å²) in [6.07, 6.45) is 6.07. The number of ether oxygens (including phenoxy) is 1. The van der Waals surface area contributed by atoms with Crippen molar-refractivity contribution < 1.29 is 24.2 Å². The van der Waals surface area contributed by atoms with E-state index in [9.17, 15) is 14.4 Å². The molecule has 0 radical (unpaired) electrons. The number of aromatic amines is 1. The fraction of sp³-hybridized carbons (Fsp3) is 0.517. The number of nitrogens with one attached hydrogen (secondary N) is 1. The van der Waals surface area contributed by atoms with Crippen LogP contribution in [0.25, 0.3) is 10.8 Å². The average Bonchev–Trinajstić information content (AvgIpc) is 3.34. The Hall–Kier alpha value is -3.62. The molecule has 1 saturated carbocycles. The van der Waals surface area contributed by atoms with E-state index in [0.29, 0.717) is 13.0 Å². The lowest BCUT2D eigenvalue weighted by molar-refractivity contribution is -0.123. The van der Waals surface area contributed by atoms with Gasteiger partial charge in [0, 0.05) is 18.1 Å². The second-order valence-corrected chi connectivity index (χ2v) is 9.85.